The number of nitro benzene ring substituents is 1. The lowest BCUT2D eigenvalue weighted by molar-refractivity contribution is -0.385. The summed E-state index contributed by atoms with van der Waals surface area (Å²) in [6, 6.07) is 0.868. The van der Waals surface area contributed by atoms with Gasteiger partial charge in [-0.05, 0) is 13.0 Å². The van der Waals surface area contributed by atoms with Crippen LogP contribution in [-0.4, -0.2) is 20.6 Å². The topological polar surface area (TPSA) is 90.1 Å². The molecule has 7 nitrogen and oxygen atoms in total. The number of nitrogens with zero attached hydrogens (tertiary/aromatic N) is 3. The average molecular weight is 296 g/mol. The lowest BCUT2D eigenvalue weighted by atomic mass is 10.1. The van der Waals surface area contributed by atoms with Gasteiger partial charge in [-0.15, -0.1) is 0 Å². The first kappa shape index (κ1) is 14.6. The molecule has 0 atom stereocenters. The number of amides is 1. The summed E-state index contributed by atoms with van der Waals surface area (Å²) in [5.74, 6) is -3.65. The van der Waals surface area contributed by atoms with Crippen molar-refractivity contribution >= 4 is 17.3 Å². The van der Waals surface area contributed by atoms with E-state index in [0.717, 1.165) is 0 Å². The number of anilines is 1. The van der Waals surface area contributed by atoms with Crippen LogP contribution in [0, 0.1) is 21.7 Å². The fourth-order valence-electron chi connectivity index (χ4n) is 1.67. The van der Waals surface area contributed by atoms with E-state index in [2.05, 4.69) is 10.4 Å². The minimum Gasteiger partial charge on any atom is -0.319 e. The fraction of sp³-hybridized carbons (Fsp3) is 0.167. The number of carbonyl (C=O) groups is 1. The molecule has 0 unspecified atom stereocenters. The maximum atomic E-state index is 13.2. The predicted molar refractivity (Wildman–Crippen MR) is 68.9 cm³/mol. The molecule has 0 bridgehead atoms. The van der Waals surface area contributed by atoms with E-state index in [0.29, 0.717) is 24.4 Å². The summed E-state index contributed by atoms with van der Waals surface area (Å²) in [6.45, 7) is 2.40. The van der Waals surface area contributed by atoms with Crippen molar-refractivity contribution in [1.29, 1.82) is 0 Å². The molecule has 0 radical (unpaired) electrons. The molecule has 21 heavy (non-hydrogen) atoms. The Morgan fingerprint density at radius 2 is 2.10 bits per heavy atom. The Balaban J connectivity index is 2.34. The molecule has 1 amide bonds. The molecule has 0 aliphatic rings. The van der Waals surface area contributed by atoms with Gasteiger partial charge in [0, 0.05) is 12.7 Å². The molecular formula is C12H10F2N4O3. The second-order valence-electron chi connectivity index (χ2n) is 4.08. The number of aryl methyl sites for hydroxylation is 1. The summed E-state index contributed by atoms with van der Waals surface area (Å²) < 4.78 is 27.7. The van der Waals surface area contributed by atoms with E-state index in [4.69, 9.17) is 0 Å². The van der Waals surface area contributed by atoms with Crippen molar-refractivity contribution in [3.05, 3.63) is 51.8 Å². The standard InChI is InChI=1S/C12H10F2N4O3/c1-2-17-6-7(5-15-17)16-12(19)8-3-9(13)10(14)4-11(8)18(20)21/h3-6H,2H2,1H3,(H,16,19). The van der Waals surface area contributed by atoms with Crippen LogP contribution in [0.3, 0.4) is 0 Å². The van der Waals surface area contributed by atoms with E-state index in [-0.39, 0.29) is 0 Å². The van der Waals surface area contributed by atoms with Crippen molar-refractivity contribution in [3.63, 3.8) is 0 Å². The van der Waals surface area contributed by atoms with Crippen LogP contribution in [-0.2, 0) is 6.54 Å². The molecule has 0 aliphatic carbocycles. The number of aromatic nitrogens is 2. The summed E-state index contributed by atoms with van der Waals surface area (Å²) in [5, 5.41) is 17.1. The van der Waals surface area contributed by atoms with E-state index < -0.39 is 33.7 Å². The summed E-state index contributed by atoms with van der Waals surface area (Å²) >= 11 is 0. The van der Waals surface area contributed by atoms with Gasteiger partial charge in [0.05, 0.1) is 22.9 Å². The van der Waals surface area contributed by atoms with Crippen LogP contribution in [0.5, 0.6) is 0 Å². The Morgan fingerprint density at radius 3 is 2.67 bits per heavy atom. The van der Waals surface area contributed by atoms with Crippen molar-refractivity contribution in [2.24, 2.45) is 0 Å². The molecule has 0 aliphatic heterocycles. The molecule has 0 fully saturated rings. The van der Waals surface area contributed by atoms with Crippen LogP contribution in [0.15, 0.2) is 24.5 Å². The van der Waals surface area contributed by atoms with Gasteiger partial charge in [0.1, 0.15) is 5.56 Å². The summed E-state index contributed by atoms with van der Waals surface area (Å²) in [4.78, 5) is 21.8. The first-order valence-electron chi connectivity index (χ1n) is 5.89. The number of nitro groups is 1. The van der Waals surface area contributed by atoms with Gasteiger partial charge in [-0.1, -0.05) is 0 Å². The van der Waals surface area contributed by atoms with Crippen molar-refractivity contribution < 1.29 is 18.5 Å². The van der Waals surface area contributed by atoms with Crippen LogP contribution in [0.2, 0.25) is 0 Å². The van der Waals surface area contributed by atoms with Gasteiger partial charge in [-0.25, -0.2) is 8.78 Å². The lowest BCUT2D eigenvalue weighted by Gasteiger charge is -2.04. The van der Waals surface area contributed by atoms with Crippen molar-refractivity contribution in [3.8, 4) is 0 Å². The monoisotopic (exact) mass is 296 g/mol. The van der Waals surface area contributed by atoms with Gasteiger partial charge in [0.25, 0.3) is 11.6 Å². The SMILES string of the molecule is CCn1cc(NC(=O)c2cc(F)c(F)cc2[N+](=O)[O-])cn1. The molecule has 1 heterocycles. The van der Waals surface area contributed by atoms with Crippen LogP contribution in [0.4, 0.5) is 20.2 Å². The first-order valence-corrected chi connectivity index (χ1v) is 5.89. The van der Waals surface area contributed by atoms with Gasteiger partial charge in [-0.2, -0.15) is 5.10 Å². The number of rotatable bonds is 4. The third kappa shape index (κ3) is 3.02. The molecule has 0 saturated carbocycles. The van der Waals surface area contributed by atoms with E-state index in [1.165, 1.54) is 17.1 Å². The van der Waals surface area contributed by atoms with Crippen LogP contribution in [0.1, 0.15) is 17.3 Å². The summed E-state index contributed by atoms with van der Waals surface area (Å²) in [7, 11) is 0. The second kappa shape index (κ2) is 5.65. The molecule has 1 N–H and O–H groups in total. The molecule has 0 saturated heterocycles. The van der Waals surface area contributed by atoms with Crippen molar-refractivity contribution in [1.82, 2.24) is 9.78 Å². The van der Waals surface area contributed by atoms with Gasteiger partial charge in [-0.3, -0.25) is 19.6 Å². The molecule has 1 aromatic heterocycles. The summed E-state index contributed by atoms with van der Waals surface area (Å²) in [5.41, 5.74) is -1.08. The molecule has 9 heteroatoms. The zero-order valence-electron chi connectivity index (χ0n) is 10.8. The first-order chi connectivity index (χ1) is 9.92. The number of hydrogen-bond acceptors (Lipinski definition) is 4. The zero-order valence-corrected chi connectivity index (χ0v) is 10.8. The number of hydrogen-bond donors (Lipinski definition) is 1. The smallest absolute Gasteiger partial charge is 0.285 e. The Bertz CT molecular complexity index is 715. The predicted octanol–water partition coefficient (Wildman–Crippen LogP) is 2.34. The zero-order chi connectivity index (χ0) is 15.6. The molecule has 2 aromatic rings. The number of carbonyl (C=O) groups excluding carboxylic acids is 1. The lowest BCUT2D eigenvalue weighted by Crippen LogP contribution is -2.14. The van der Waals surface area contributed by atoms with E-state index in [1.807, 2.05) is 6.92 Å². The van der Waals surface area contributed by atoms with Crippen LogP contribution >= 0.6 is 0 Å². The highest BCUT2D eigenvalue weighted by Gasteiger charge is 2.24. The molecule has 2 rings (SSSR count). The third-order valence-electron chi connectivity index (χ3n) is 2.70. The van der Waals surface area contributed by atoms with Crippen molar-refractivity contribution in [2.75, 3.05) is 5.32 Å². The van der Waals surface area contributed by atoms with E-state index >= 15 is 0 Å². The quantitative estimate of drug-likeness (QED) is 0.692. The minimum absolute atomic E-state index is 0.292. The Labute approximate surface area is 117 Å². The number of halogens is 2. The highest BCUT2D eigenvalue weighted by molar-refractivity contribution is 6.06. The highest BCUT2D eigenvalue weighted by atomic mass is 19.2. The molecule has 110 valence electrons. The Hall–Kier alpha value is -2.84. The molecular weight excluding hydrogens is 286 g/mol. The van der Waals surface area contributed by atoms with Crippen molar-refractivity contribution in [2.45, 2.75) is 13.5 Å². The van der Waals surface area contributed by atoms with Crippen LogP contribution in [0.25, 0.3) is 0 Å². The fourth-order valence-corrected chi connectivity index (χ4v) is 1.67. The van der Waals surface area contributed by atoms with Gasteiger partial charge < -0.3 is 5.32 Å². The molecule has 1 aromatic carbocycles. The third-order valence-corrected chi connectivity index (χ3v) is 2.70. The summed E-state index contributed by atoms with van der Waals surface area (Å²) in [6.07, 6.45) is 2.84. The van der Waals surface area contributed by atoms with E-state index in [1.54, 1.807) is 0 Å². The maximum Gasteiger partial charge on any atom is 0.285 e. The molecule has 0 spiro atoms. The number of benzene rings is 1. The van der Waals surface area contributed by atoms with Crippen LogP contribution < -0.4 is 5.32 Å². The van der Waals surface area contributed by atoms with Gasteiger partial charge in [0.2, 0.25) is 0 Å². The van der Waals surface area contributed by atoms with Gasteiger partial charge in [0.15, 0.2) is 11.6 Å². The normalized spacial score (nSPS) is 10.4. The Kier molecular flexibility index (Phi) is 3.92. The average Bonchev–Trinajstić information content (AvgIpc) is 2.88. The minimum atomic E-state index is -1.39. The van der Waals surface area contributed by atoms with E-state index in [9.17, 15) is 23.7 Å². The number of nitrogens with one attached hydrogen (secondary N) is 1. The largest absolute Gasteiger partial charge is 0.319 e. The van der Waals surface area contributed by atoms with Gasteiger partial charge >= 0.3 is 0 Å². The Morgan fingerprint density at radius 1 is 1.43 bits per heavy atom. The maximum absolute atomic E-state index is 13.2. The second-order valence-corrected chi connectivity index (χ2v) is 4.08. The highest BCUT2D eigenvalue weighted by Crippen LogP contribution is 2.23.